The van der Waals surface area contributed by atoms with Gasteiger partial charge < -0.3 is 10.1 Å². The molecule has 1 amide bonds. The smallest absolute Gasteiger partial charge is 0.251 e. The number of aromatic nitrogens is 1. The zero-order valence-corrected chi connectivity index (χ0v) is 14.1. The van der Waals surface area contributed by atoms with E-state index in [-0.39, 0.29) is 11.3 Å². The van der Waals surface area contributed by atoms with E-state index in [1.54, 1.807) is 12.1 Å². The van der Waals surface area contributed by atoms with Gasteiger partial charge in [-0.2, -0.15) is 0 Å². The van der Waals surface area contributed by atoms with Gasteiger partial charge in [0.15, 0.2) is 0 Å². The van der Waals surface area contributed by atoms with Crippen molar-refractivity contribution in [2.24, 2.45) is 0 Å². The van der Waals surface area contributed by atoms with Gasteiger partial charge in [0, 0.05) is 29.8 Å². The Hall–Kier alpha value is -1.13. The normalized spacial score (nSPS) is 11.5. The molecule has 0 aromatic carbocycles. The first kappa shape index (κ1) is 17.9. The fourth-order valence-electron chi connectivity index (χ4n) is 1.70. The molecule has 0 fully saturated rings. The molecule has 0 atom stereocenters. The van der Waals surface area contributed by atoms with Gasteiger partial charge in [-0.15, -0.1) is 0 Å². The van der Waals surface area contributed by atoms with E-state index in [9.17, 15) is 4.79 Å². The number of carbonyl (C=O) groups excluding carboxylic acids is 1. The Morgan fingerprint density at radius 1 is 1.33 bits per heavy atom. The molecule has 1 rings (SSSR count). The fraction of sp³-hybridized carbons (Fsp3) is 0.625. The van der Waals surface area contributed by atoms with Gasteiger partial charge >= 0.3 is 0 Å². The van der Waals surface area contributed by atoms with Crippen LogP contribution in [-0.4, -0.2) is 30.6 Å². The van der Waals surface area contributed by atoms with E-state index in [1.165, 1.54) is 0 Å². The molecule has 0 saturated heterocycles. The summed E-state index contributed by atoms with van der Waals surface area (Å²) in [6.45, 7) is 9.98. The van der Waals surface area contributed by atoms with Crippen LogP contribution in [-0.2, 0) is 10.2 Å². The third-order valence-corrected chi connectivity index (χ3v) is 3.19. The molecule has 0 radical (unpaired) electrons. The zero-order valence-electron chi connectivity index (χ0n) is 13.3. The Bertz CT molecular complexity index is 470. The Morgan fingerprint density at radius 3 is 2.67 bits per heavy atom. The molecule has 1 N–H and O–H groups in total. The monoisotopic (exact) mass is 312 g/mol. The van der Waals surface area contributed by atoms with E-state index < -0.39 is 0 Å². The average molecular weight is 313 g/mol. The number of halogens is 1. The number of unbranched alkanes of at least 4 members (excludes halogenated alkanes) is 1. The van der Waals surface area contributed by atoms with Crippen LogP contribution in [0.5, 0.6) is 0 Å². The van der Waals surface area contributed by atoms with Crippen molar-refractivity contribution in [3.63, 3.8) is 0 Å². The Morgan fingerprint density at radius 2 is 2.05 bits per heavy atom. The molecule has 0 bridgehead atoms. The first-order chi connectivity index (χ1) is 9.84. The van der Waals surface area contributed by atoms with E-state index in [4.69, 9.17) is 16.3 Å². The first-order valence-corrected chi connectivity index (χ1v) is 7.76. The number of amides is 1. The van der Waals surface area contributed by atoms with Gasteiger partial charge in [-0.3, -0.25) is 4.79 Å². The van der Waals surface area contributed by atoms with Crippen LogP contribution in [0.4, 0.5) is 0 Å². The Balaban J connectivity index is 2.56. The summed E-state index contributed by atoms with van der Waals surface area (Å²) in [5.74, 6) is -0.149. The molecule has 0 unspecified atom stereocenters. The number of carbonyl (C=O) groups is 1. The van der Waals surface area contributed by atoms with Crippen molar-refractivity contribution in [2.45, 2.75) is 46.0 Å². The standard InChI is InChI=1S/C16H25ClN2O2/c1-5-6-8-21-9-7-18-15(20)12-10-13(16(2,3)4)19-14(17)11-12/h10-11H,5-9H2,1-4H3,(H,18,20). The number of hydrogen-bond acceptors (Lipinski definition) is 3. The van der Waals surface area contributed by atoms with Crippen molar-refractivity contribution in [1.82, 2.24) is 10.3 Å². The largest absolute Gasteiger partial charge is 0.380 e. The molecular weight excluding hydrogens is 288 g/mol. The lowest BCUT2D eigenvalue weighted by Crippen LogP contribution is -2.28. The first-order valence-electron chi connectivity index (χ1n) is 7.38. The minimum absolute atomic E-state index is 0.149. The van der Waals surface area contributed by atoms with Crippen LogP contribution in [0.25, 0.3) is 0 Å². The third-order valence-electron chi connectivity index (χ3n) is 3.00. The minimum Gasteiger partial charge on any atom is -0.380 e. The number of hydrogen-bond donors (Lipinski definition) is 1. The maximum absolute atomic E-state index is 12.1. The molecule has 0 aliphatic heterocycles. The van der Waals surface area contributed by atoms with Crippen molar-refractivity contribution in [2.75, 3.05) is 19.8 Å². The molecular formula is C16H25ClN2O2. The molecule has 0 aliphatic carbocycles. The van der Waals surface area contributed by atoms with Crippen molar-refractivity contribution in [3.8, 4) is 0 Å². The predicted molar refractivity (Wildman–Crippen MR) is 86.0 cm³/mol. The van der Waals surface area contributed by atoms with Gasteiger partial charge in [-0.1, -0.05) is 45.7 Å². The van der Waals surface area contributed by atoms with E-state index in [0.717, 1.165) is 25.1 Å². The summed E-state index contributed by atoms with van der Waals surface area (Å²) in [7, 11) is 0. The van der Waals surface area contributed by atoms with E-state index >= 15 is 0 Å². The molecule has 0 aliphatic rings. The van der Waals surface area contributed by atoms with E-state index in [0.29, 0.717) is 23.9 Å². The predicted octanol–water partition coefficient (Wildman–Crippen LogP) is 3.58. The molecule has 0 saturated carbocycles. The molecule has 118 valence electrons. The maximum Gasteiger partial charge on any atom is 0.251 e. The highest BCUT2D eigenvalue weighted by Crippen LogP contribution is 2.23. The fourth-order valence-corrected chi connectivity index (χ4v) is 1.91. The number of pyridine rings is 1. The number of nitrogens with zero attached hydrogens (tertiary/aromatic N) is 1. The topological polar surface area (TPSA) is 51.2 Å². The van der Waals surface area contributed by atoms with Gasteiger partial charge in [0.2, 0.25) is 0 Å². The van der Waals surface area contributed by atoms with Crippen molar-refractivity contribution in [1.29, 1.82) is 0 Å². The number of rotatable bonds is 7. The lowest BCUT2D eigenvalue weighted by molar-refractivity contribution is 0.0912. The summed E-state index contributed by atoms with van der Waals surface area (Å²) in [4.78, 5) is 16.4. The minimum atomic E-state index is -0.150. The van der Waals surface area contributed by atoms with Gasteiger partial charge in [0.25, 0.3) is 5.91 Å². The summed E-state index contributed by atoms with van der Waals surface area (Å²) >= 11 is 6.00. The van der Waals surface area contributed by atoms with Crippen LogP contribution in [0.15, 0.2) is 12.1 Å². The zero-order chi connectivity index (χ0) is 15.9. The molecule has 5 heteroatoms. The molecule has 21 heavy (non-hydrogen) atoms. The molecule has 4 nitrogen and oxygen atoms in total. The third kappa shape index (κ3) is 6.44. The molecule has 1 aromatic heterocycles. The second kappa shape index (κ2) is 8.35. The van der Waals surface area contributed by atoms with Gasteiger partial charge in [0.05, 0.1) is 6.61 Å². The molecule has 1 heterocycles. The highest BCUT2D eigenvalue weighted by atomic mass is 35.5. The second-order valence-electron chi connectivity index (χ2n) is 6.04. The van der Waals surface area contributed by atoms with Crippen LogP contribution < -0.4 is 5.32 Å². The Kier molecular flexibility index (Phi) is 7.12. The SMILES string of the molecule is CCCCOCCNC(=O)c1cc(Cl)nc(C(C)(C)C)c1. The van der Waals surface area contributed by atoms with Crippen LogP contribution in [0.3, 0.4) is 0 Å². The maximum atomic E-state index is 12.1. The van der Waals surface area contributed by atoms with Gasteiger partial charge in [-0.25, -0.2) is 4.98 Å². The van der Waals surface area contributed by atoms with Crippen molar-refractivity contribution >= 4 is 17.5 Å². The highest BCUT2D eigenvalue weighted by molar-refractivity contribution is 6.29. The summed E-state index contributed by atoms with van der Waals surface area (Å²) in [6.07, 6.45) is 2.15. The van der Waals surface area contributed by atoms with Crippen molar-refractivity contribution < 1.29 is 9.53 Å². The quantitative estimate of drug-likeness (QED) is 0.618. The second-order valence-corrected chi connectivity index (χ2v) is 6.42. The average Bonchev–Trinajstić information content (AvgIpc) is 2.40. The van der Waals surface area contributed by atoms with Crippen LogP contribution in [0.2, 0.25) is 5.15 Å². The lowest BCUT2D eigenvalue weighted by atomic mass is 9.91. The summed E-state index contributed by atoms with van der Waals surface area (Å²) in [6, 6.07) is 3.38. The molecule has 0 spiro atoms. The van der Waals surface area contributed by atoms with E-state index in [1.807, 2.05) is 20.8 Å². The Labute approximate surface area is 132 Å². The molecule has 1 aromatic rings. The summed E-state index contributed by atoms with van der Waals surface area (Å²) in [5.41, 5.74) is 1.19. The van der Waals surface area contributed by atoms with Crippen molar-refractivity contribution in [3.05, 3.63) is 28.5 Å². The highest BCUT2D eigenvalue weighted by Gasteiger charge is 2.18. The number of nitrogens with one attached hydrogen (secondary N) is 1. The van der Waals surface area contributed by atoms with Gasteiger partial charge in [0.1, 0.15) is 5.15 Å². The van der Waals surface area contributed by atoms with Gasteiger partial charge in [-0.05, 0) is 18.6 Å². The lowest BCUT2D eigenvalue weighted by Gasteiger charge is -2.18. The van der Waals surface area contributed by atoms with Crippen LogP contribution in [0.1, 0.15) is 56.6 Å². The van der Waals surface area contributed by atoms with E-state index in [2.05, 4.69) is 17.2 Å². The number of ether oxygens (including phenoxy) is 1. The summed E-state index contributed by atoms with van der Waals surface area (Å²) in [5, 5.41) is 3.17. The van der Waals surface area contributed by atoms with Crippen LogP contribution >= 0.6 is 11.6 Å². The summed E-state index contributed by atoms with van der Waals surface area (Å²) < 4.78 is 5.41. The van der Waals surface area contributed by atoms with Crippen LogP contribution in [0, 0.1) is 0 Å².